The molecule has 0 amide bonds. The second-order valence-electron chi connectivity index (χ2n) is 5.61. The van der Waals surface area contributed by atoms with Crippen molar-refractivity contribution in [3.05, 3.63) is 84.3 Å². The van der Waals surface area contributed by atoms with Crippen LogP contribution in [0.5, 0.6) is 0 Å². The highest BCUT2D eigenvalue weighted by Crippen LogP contribution is 2.24. The lowest BCUT2D eigenvalue weighted by molar-refractivity contribution is 0.626. The summed E-state index contributed by atoms with van der Waals surface area (Å²) in [5, 5.41) is 4.21. The van der Waals surface area contributed by atoms with Crippen LogP contribution < -0.4 is 5.32 Å². The Bertz CT molecular complexity index is 1020. The number of aromatic nitrogens is 3. The number of para-hydroxylation sites is 1. The van der Waals surface area contributed by atoms with Crippen molar-refractivity contribution in [2.24, 2.45) is 0 Å². The molecule has 4 nitrogen and oxygen atoms in total. The van der Waals surface area contributed by atoms with Crippen molar-refractivity contribution in [2.75, 3.05) is 5.32 Å². The summed E-state index contributed by atoms with van der Waals surface area (Å²) in [5.74, 6) is 1.01. The molecule has 0 fully saturated rings. The number of nitrogens with zero attached hydrogens (tertiary/aromatic N) is 3. The lowest BCUT2D eigenvalue weighted by Gasteiger charge is -2.11. The highest BCUT2D eigenvalue weighted by molar-refractivity contribution is 5.90. The molecule has 0 unspecified atom stereocenters. The van der Waals surface area contributed by atoms with Gasteiger partial charge in [0.15, 0.2) is 5.82 Å². The number of hydrogen-bond donors (Lipinski definition) is 1. The van der Waals surface area contributed by atoms with Gasteiger partial charge in [-0.15, -0.1) is 0 Å². The molecule has 0 saturated heterocycles. The Balaban J connectivity index is 1.73. The molecule has 0 spiro atoms. The van der Waals surface area contributed by atoms with Gasteiger partial charge in [0.05, 0.1) is 5.52 Å². The zero-order chi connectivity index (χ0) is 17.1. The van der Waals surface area contributed by atoms with Crippen LogP contribution in [0.3, 0.4) is 0 Å². The summed E-state index contributed by atoms with van der Waals surface area (Å²) in [5.41, 5.74) is 2.39. The van der Waals surface area contributed by atoms with Gasteiger partial charge in [-0.3, -0.25) is 4.98 Å². The Morgan fingerprint density at radius 1 is 0.880 bits per heavy atom. The van der Waals surface area contributed by atoms with E-state index < -0.39 is 0 Å². The Morgan fingerprint density at radius 3 is 2.60 bits per heavy atom. The van der Waals surface area contributed by atoms with E-state index in [-0.39, 0.29) is 5.82 Å². The van der Waals surface area contributed by atoms with E-state index in [1.807, 2.05) is 48.5 Å². The standard InChI is InChI=1S/C20H15FN4/c21-15-7-5-6-14(12-15)13-23-19-16-8-1-2-9-17(16)24-20(25-19)18-10-3-4-11-22-18/h1-12H,13H2,(H,23,24,25). The van der Waals surface area contributed by atoms with Crippen LogP contribution in [0.2, 0.25) is 0 Å². The molecule has 2 heterocycles. The lowest BCUT2D eigenvalue weighted by atomic mass is 10.2. The zero-order valence-electron chi connectivity index (χ0n) is 13.4. The highest BCUT2D eigenvalue weighted by Gasteiger charge is 2.10. The van der Waals surface area contributed by atoms with E-state index in [4.69, 9.17) is 0 Å². The molecule has 2 aromatic heterocycles. The minimum Gasteiger partial charge on any atom is -0.365 e. The molecule has 0 saturated carbocycles. The summed E-state index contributed by atoms with van der Waals surface area (Å²) in [7, 11) is 0. The van der Waals surface area contributed by atoms with Crippen LogP contribution in [0.25, 0.3) is 22.4 Å². The number of halogens is 1. The van der Waals surface area contributed by atoms with Crippen LogP contribution in [0, 0.1) is 5.82 Å². The summed E-state index contributed by atoms with van der Waals surface area (Å²) >= 11 is 0. The maximum absolute atomic E-state index is 13.4. The zero-order valence-corrected chi connectivity index (χ0v) is 13.4. The first-order valence-electron chi connectivity index (χ1n) is 7.96. The summed E-state index contributed by atoms with van der Waals surface area (Å²) < 4.78 is 13.4. The van der Waals surface area contributed by atoms with Gasteiger partial charge in [0.1, 0.15) is 17.3 Å². The fourth-order valence-corrected chi connectivity index (χ4v) is 2.65. The van der Waals surface area contributed by atoms with Crippen molar-refractivity contribution in [3.8, 4) is 11.5 Å². The van der Waals surface area contributed by atoms with Crippen LogP contribution in [0.4, 0.5) is 10.2 Å². The maximum atomic E-state index is 13.4. The monoisotopic (exact) mass is 330 g/mol. The van der Waals surface area contributed by atoms with Crippen LogP contribution in [-0.2, 0) is 6.54 Å². The van der Waals surface area contributed by atoms with E-state index in [1.165, 1.54) is 12.1 Å². The highest BCUT2D eigenvalue weighted by atomic mass is 19.1. The van der Waals surface area contributed by atoms with E-state index in [2.05, 4.69) is 20.3 Å². The van der Waals surface area contributed by atoms with Crippen molar-refractivity contribution >= 4 is 16.7 Å². The Hall–Kier alpha value is -3.34. The first-order chi connectivity index (χ1) is 12.3. The molecule has 0 radical (unpaired) electrons. The quantitative estimate of drug-likeness (QED) is 0.601. The Kier molecular flexibility index (Phi) is 4.04. The average Bonchev–Trinajstić information content (AvgIpc) is 2.66. The molecule has 122 valence electrons. The third-order valence-corrected chi connectivity index (χ3v) is 3.85. The number of benzene rings is 2. The van der Waals surface area contributed by atoms with Gasteiger partial charge >= 0.3 is 0 Å². The van der Waals surface area contributed by atoms with Crippen molar-refractivity contribution in [3.63, 3.8) is 0 Å². The molecule has 4 aromatic rings. The fourth-order valence-electron chi connectivity index (χ4n) is 2.65. The lowest BCUT2D eigenvalue weighted by Crippen LogP contribution is -2.04. The first kappa shape index (κ1) is 15.2. The molecule has 4 rings (SSSR count). The van der Waals surface area contributed by atoms with Gasteiger partial charge in [-0.05, 0) is 42.0 Å². The van der Waals surface area contributed by atoms with Crippen molar-refractivity contribution in [1.29, 1.82) is 0 Å². The summed E-state index contributed by atoms with van der Waals surface area (Å²) in [6.07, 6.45) is 1.72. The molecule has 1 N–H and O–H groups in total. The van der Waals surface area contributed by atoms with Crippen LogP contribution in [0.1, 0.15) is 5.56 Å². The third kappa shape index (κ3) is 3.30. The normalized spacial score (nSPS) is 10.8. The minimum absolute atomic E-state index is 0.249. The Morgan fingerprint density at radius 2 is 1.76 bits per heavy atom. The van der Waals surface area contributed by atoms with Crippen LogP contribution in [-0.4, -0.2) is 15.0 Å². The van der Waals surface area contributed by atoms with Crippen LogP contribution >= 0.6 is 0 Å². The average molecular weight is 330 g/mol. The van der Waals surface area contributed by atoms with Crippen LogP contribution in [0.15, 0.2) is 72.9 Å². The van der Waals surface area contributed by atoms with Gasteiger partial charge in [-0.2, -0.15) is 0 Å². The number of anilines is 1. The molecule has 25 heavy (non-hydrogen) atoms. The first-order valence-corrected chi connectivity index (χ1v) is 7.96. The van der Waals surface area contributed by atoms with Crippen molar-refractivity contribution in [1.82, 2.24) is 15.0 Å². The summed E-state index contributed by atoms with van der Waals surface area (Å²) in [4.78, 5) is 13.6. The SMILES string of the molecule is Fc1cccc(CNc2nc(-c3ccccn3)nc3ccccc23)c1. The van der Waals surface area contributed by atoms with Gasteiger partial charge in [0.2, 0.25) is 0 Å². The Labute approximate surface area is 144 Å². The number of fused-ring (bicyclic) bond motifs is 1. The predicted octanol–water partition coefficient (Wildman–Crippen LogP) is 4.44. The second kappa shape index (κ2) is 6.65. The van der Waals surface area contributed by atoms with E-state index in [9.17, 15) is 4.39 Å². The topological polar surface area (TPSA) is 50.7 Å². The molecular weight excluding hydrogens is 315 g/mol. The van der Waals surface area contributed by atoms with Gasteiger partial charge in [-0.1, -0.05) is 30.3 Å². The second-order valence-corrected chi connectivity index (χ2v) is 5.61. The number of rotatable bonds is 4. The van der Waals surface area contributed by atoms with Gasteiger partial charge in [0, 0.05) is 18.1 Å². The number of hydrogen-bond acceptors (Lipinski definition) is 4. The van der Waals surface area contributed by atoms with E-state index in [0.29, 0.717) is 23.9 Å². The number of nitrogens with one attached hydrogen (secondary N) is 1. The van der Waals surface area contributed by atoms with Gasteiger partial charge < -0.3 is 5.32 Å². The summed E-state index contributed by atoms with van der Waals surface area (Å²) in [6.45, 7) is 0.473. The summed E-state index contributed by atoms with van der Waals surface area (Å²) in [6, 6.07) is 19.9. The third-order valence-electron chi connectivity index (χ3n) is 3.85. The molecule has 2 aromatic carbocycles. The molecule has 0 aliphatic carbocycles. The molecule has 5 heteroatoms. The smallest absolute Gasteiger partial charge is 0.180 e. The maximum Gasteiger partial charge on any atom is 0.180 e. The molecule has 0 atom stereocenters. The van der Waals surface area contributed by atoms with E-state index in [1.54, 1.807) is 12.3 Å². The minimum atomic E-state index is -0.249. The largest absolute Gasteiger partial charge is 0.365 e. The van der Waals surface area contributed by atoms with E-state index >= 15 is 0 Å². The molecule has 0 aliphatic heterocycles. The van der Waals surface area contributed by atoms with E-state index in [0.717, 1.165) is 16.5 Å². The fraction of sp³-hybridized carbons (Fsp3) is 0.0500. The molecule has 0 aliphatic rings. The van der Waals surface area contributed by atoms with Crippen molar-refractivity contribution in [2.45, 2.75) is 6.54 Å². The number of pyridine rings is 1. The van der Waals surface area contributed by atoms with Gasteiger partial charge in [-0.25, -0.2) is 14.4 Å². The molecular formula is C20H15FN4. The molecule has 0 bridgehead atoms. The predicted molar refractivity (Wildman–Crippen MR) is 96.5 cm³/mol. The van der Waals surface area contributed by atoms with Crippen molar-refractivity contribution < 1.29 is 4.39 Å². The van der Waals surface area contributed by atoms with Gasteiger partial charge in [0.25, 0.3) is 0 Å².